The summed E-state index contributed by atoms with van der Waals surface area (Å²) < 4.78 is 0. The monoisotopic (exact) mass is 691 g/mol. The molecule has 1 unspecified atom stereocenters. The second-order valence-electron chi connectivity index (χ2n) is 10.4. The van der Waals surface area contributed by atoms with Gasteiger partial charge in [-0.05, 0) is 42.1 Å². The van der Waals surface area contributed by atoms with Gasteiger partial charge in [0.15, 0.2) is 0 Å². The third-order valence-electron chi connectivity index (χ3n) is 7.09. The maximum absolute atomic E-state index is 5.49. The summed E-state index contributed by atoms with van der Waals surface area (Å²) in [5.74, 6) is 0.758. The number of nitrogens with zero attached hydrogens (tertiary/aromatic N) is 2. The van der Waals surface area contributed by atoms with Crippen LogP contribution in [0.4, 0.5) is 5.69 Å². The zero-order valence-corrected chi connectivity index (χ0v) is 28.2. The molecular weight excluding hydrogens is 651 g/mol. The number of hydrogen-bond acceptors (Lipinski definition) is 1. The Morgan fingerprint density at radius 2 is 1.32 bits per heavy atom. The Morgan fingerprint density at radius 3 is 2.05 bits per heavy atom. The molecule has 0 bridgehead atoms. The minimum Gasteiger partial charge on any atom is -0.673 e. The molecule has 0 saturated carbocycles. The molecule has 0 fully saturated rings. The zero-order valence-electron chi connectivity index (χ0n) is 24.6. The fraction of sp³-hybridized carbons (Fsp3) is 0.243. The van der Waals surface area contributed by atoms with Crippen LogP contribution in [0.25, 0.3) is 27.3 Å². The first kappa shape index (κ1) is 31.5. The average Bonchev–Trinajstić information content (AvgIpc) is 2.97. The fourth-order valence-electron chi connectivity index (χ4n) is 5.15. The number of fused-ring (bicyclic) bond motifs is 1. The average molecular weight is 690 g/mol. The van der Waals surface area contributed by atoms with E-state index in [1.54, 1.807) is 6.92 Å². The molecule has 0 saturated heterocycles. The topological polar surface area (TPSA) is 27.0 Å². The van der Waals surface area contributed by atoms with Crippen molar-refractivity contribution in [3.8, 4) is 11.3 Å². The molecule has 0 radical (unpaired) electrons. The van der Waals surface area contributed by atoms with E-state index in [9.17, 15) is 0 Å². The van der Waals surface area contributed by atoms with Gasteiger partial charge < -0.3 is 17.2 Å². The summed E-state index contributed by atoms with van der Waals surface area (Å²) in [6, 6.07) is 37.3. The van der Waals surface area contributed by atoms with E-state index in [-0.39, 0.29) is 31.9 Å². The molecule has 5 rings (SSSR count). The smallest absolute Gasteiger partial charge is 0.0195 e. The number of aryl methyl sites for hydroxylation is 1. The van der Waals surface area contributed by atoms with Crippen LogP contribution in [0.2, 0.25) is 0 Å². The molecule has 0 aliphatic heterocycles. The van der Waals surface area contributed by atoms with E-state index in [0.717, 1.165) is 28.0 Å². The number of pyridine rings is 1. The van der Waals surface area contributed by atoms with Crippen molar-refractivity contribution in [2.24, 2.45) is 0 Å². The Hall–Kier alpha value is -3.04. The van der Waals surface area contributed by atoms with Gasteiger partial charge >= 0.3 is 0 Å². The molecule has 204 valence electrons. The fourth-order valence-corrected chi connectivity index (χ4v) is 5.15. The van der Waals surface area contributed by atoms with Gasteiger partial charge in [-0.25, -0.2) is 0 Å². The summed E-state index contributed by atoms with van der Waals surface area (Å²) in [7, 11) is 0. The Labute approximate surface area is 260 Å². The van der Waals surface area contributed by atoms with Crippen LogP contribution in [-0.2, 0) is 25.8 Å². The Kier molecular flexibility index (Phi) is 11.5. The van der Waals surface area contributed by atoms with Gasteiger partial charge in [-0.3, -0.25) is 0 Å². The van der Waals surface area contributed by atoms with Gasteiger partial charge in [-0.2, -0.15) is 6.92 Å². The van der Waals surface area contributed by atoms with Gasteiger partial charge in [0, 0.05) is 31.5 Å². The molecule has 0 N–H and O–H groups in total. The molecule has 3 heteroatoms. The Morgan fingerprint density at radius 1 is 0.700 bits per heavy atom. The summed E-state index contributed by atoms with van der Waals surface area (Å²) in [5.41, 5.74) is 8.94. The van der Waals surface area contributed by atoms with Crippen molar-refractivity contribution in [1.29, 1.82) is 0 Å². The molecule has 1 atom stereocenters. The van der Waals surface area contributed by atoms with Crippen molar-refractivity contribution in [3.63, 3.8) is 0 Å². The zero-order chi connectivity index (χ0) is 27.9. The van der Waals surface area contributed by atoms with Crippen LogP contribution in [0.5, 0.6) is 0 Å². The second-order valence-corrected chi connectivity index (χ2v) is 10.4. The van der Waals surface area contributed by atoms with Gasteiger partial charge in [-0.1, -0.05) is 129 Å². The molecule has 2 nitrogen and oxygen atoms in total. The minimum absolute atomic E-state index is 0. The molecular formula is C37H39HfN2-3. The van der Waals surface area contributed by atoms with Gasteiger partial charge in [0.25, 0.3) is 0 Å². The summed E-state index contributed by atoms with van der Waals surface area (Å²) >= 11 is 0. The molecule has 0 amide bonds. The van der Waals surface area contributed by atoms with Gasteiger partial charge in [0.05, 0.1) is 0 Å². The summed E-state index contributed by atoms with van der Waals surface area (Å²) in [6.07, 6.45) is 0. The Bertz CT molecular complexity index is 1530. The van der Waals surface area contributed by atoms with Crippen molar-refractivity contribution < 1.29 is 25.8 Å². The van der Waals surface area contributed by atoms with Crippen LogP contribution in [0, 0.1) is 19.9 Å². The third kappa shape index (κ3) is 6.81. The SMILES string of the molecule is Cc1cccc(C(C)C)c1[N-]C(c1cccc(-c2[c-]ccc3ccccc23)n1)c1ccccc1C(C)C.[CH2-]C.[Hf]. The first-order chi connectivity index (χ1) is 18.9. The van der Waals surface area contributed by atoms with Gasteiger partial charge in [-0.15, -0.1) is 34.8 Å². The molecule has 0 aliphatic rings. The van der Waals surface area contributed by atoms with Crippen molar-refractivity contribution in [3.05, 3.63) is 143 Å². The third-order valence-corrected chi connectivity index (χ3v) is 7.09. The van der Waals surface area contributed by atoms with E-state index in [4.69, 9.17) is 10.3 Å². The molecule has 40 heavy (non-hydrogen) atoms. The van der Waals surface area contributed by atoms with E-state index in [1.807, 2.05) is 6.07 Å². The number of aromatic nitrogens is 1. The molecule has 4 aromatic carbocycles. The number of para-hydroxylation sites is 1. The largest absolute Gasteiger partial charge is 0.673 e. The minimum atomic E-state index is -0.216. The summed E-state index contributed by atoms with van der Waals surface area (Å²) in [6.45, 7) is 16.1. The number of rotatable bonds is 7. The van der Waals surface area contributed by atoms with E-state index >= 15 is 0 Å². The summed E-state index contributed by atoms with van der Waals surface area (Å²) in [5, 5.41) is 7.84. The molecule has 1 aromatic heterocycles. The van der Waals surface area contributed by atoms with E-state index in [2.05, 4.69) is 139 Å². The van der Waals surface area contributed by atoms with Crippen LogP contribution in [0.3, 0.4) is 0 Å². The Balaban J connectivity index is 0.00000144. The number of benzene rings is 4. The van der Waals surface area contributed by atoms with Crippen LogP contribution in [-0.4, -0.2) is 4.98 Å². The molecule has 1 heterocycles. The van der Waals surface area contributed by atoms with Crippen LogP contribution in [0.1, 0.15) is 80.4 Å². The van der Waals surface area contributed by atoms with Crippen molar-refractivity contribution in [1.82, 2.24) is 4.98 Å². The molecule has 0 aliphatic carbocycles. The predicted molar refractivity (Wildman–Crippen MR) is 168 cm³/mol. The first-order valence-electron chi connectivity index (χ1n) is 13.9. The maximum Gasteiger partial charge on any atom is 0.0195 e. The molecule has 0 spiro atoms. The van der Waals surface area contributed by atoms with E-state index in [1.165, 1.54) is 27.6 Å². The molecule has 5 aromatic rings. The number of hydrogen-bond donors (Lipinski definition) is 0. The van der Waals surface area contributed by atoms with Crippen LogP contribution in [0.15, 0.2) is 97.1 Å². The van der Waals surface area contributed by atoms with E-state index < -0.39 is 0 Å². The standard InChI is InChI=1S/C35H34N2.C2H5.Hf/c1-23(2)27-16-8-9-18-31(27)35(37-34-25(5)13-10-19-28(34)24(3)4)33-22-12-21-32(36-33)30-20-11-15-26-14-6-7-17-29(26)30;1-2;/h6-19,21-24,35H,1-5H3;1H2,2H3;/q-2;-1;. The first-order valence-corrected chi connectivity index (χ1v) is 13.9. The second kappa shape index (κ2) is 14.6. The normalized spacial score (nSPS) is 11.5. The van der Waals surface area contributed by atoms with Crippen molar-refractivity contribution in [2.75, 3.05) is 0 Å². The predicted octanol–water partition coefficient (Wildman–Crippen LogP) is 10.9. The quantitative estimate of drug-likeness (QED) is 0.123. The van der Waals surface area contributed by atoms with E-state index in [0.29, 0.717) is 11.8 Å². The van der Waals surface area contributed by atoms with Crippen molar-refractivity contribution in [2.45, 2.75) is 59.4 Å². The van der Waals surface area contributed by atoms with Crippen LogP contribution < -0.4 is 0 Å². The van der Waals surface area contributed by atoms with Gasteiger partial charge in [0.1, 0.15) is 0 Å². The summed E-state index contributed by atoms with van der Waals surface area (Å²) in [4.78, 5) is 5.25. The van der Waals surface area contributed by atoms with Gasteiger partial charge in [0.2, 0.25) is 0 Å². The maximum atomic E-state index is 5.49. The van der Waals surface area contributed by atoms with Crippen LogP contribution >= 0.6 is 0 Å². The van der Waals surface area contributed by atoms with Crippen molar-refractivity contribution >= 4 is 16.5 Å².